The Labute approximate surface area is 199 Å². The number of hydrogen-bond acceptors (Lipinski definition) is 8. The maximum atomic E-state index is 13.3. The zero-order valence-electron chi connectivity index (χ0n) is 19.4. The van der Waals surface area contributed by atoms with Crippen molar-refractivity contribution in [2.45, 2.75) is 19.4 Å². The van der Waals surface area contributed by atoms with Crippen LogP contribution < -0.4 is 26.6 Å². The molecule has 2 aromatic heterocycles. The average Bonchev–Trinajstić information content (AvgIpc) is 2.83. The lowest BCUT2D eigenvalue weighted by molar-refractivity contribution is 0.102. The fraction of sp³-hybridized carbons (Fsp3) is 0.400. The molecule has 0 unspecified atom stereocenters. The molecule has 2 fully saturated rings. The number of nitrogens with two attached hydrogens (primary N) is 2. The maximum Gasteiger partial charge on any atom is 0.276 e. The van der Waals surface area contributed by atoms with Crippen molar-refractivity contribution in [3.8, 4) is 0 Å². The monoisotopic (exact) mass is 461 g/mol. The van der Waals surface area contributed by atoms with Crippen LogP contribution in [0.4, 0.5) is 22.7 Å². The minimum absolute atomic E-state index is 0.0962. The Morgan fingerprint density at radius 2 is 1.97 bits per heavy atom. The third-order valence-corrected chi connectivity index (χ3v) is 6.50. The van der Waals surface area contributed by atoms with Gasteiger partial charge in [0, 0.05) is 49.5 Å². The molecule has 2 saturated heterocycles. The number of amides is 1. The molecule has 9 heteroatoms. The van der Waals surface area contributed by atoms with Crippen LogP contribution in [-0.4, -0.2) is 61.3 Å². The van der Waals surface area contributed by atoms with Gasteiger partial charge >= 0.3 is 0 Å². The molecule has 5 N–H and O–H groups in total. The van der Waals surface area contributed by atoms with E-state index in [9.17, 15) is 4.79 Å². The summed E-state index contributed by atoms with van der Waals surface area (Å²) >= 11 is 0. The number of carbonyl (C=O) groups is 1. The Hall–Kier alpha value is -3.43. The minimum Gasteiger partial charge on any atom is -0.397 e. The third kappa shape index (κ3) is 4.62. The number of anilines is 4. The van der Waals surface area contributed by atoms with Crippen molar-refractivity contribution in [3.63, 3.8) is 0 Å². The second-order valence-electron chi connectivity index (χ2n) is 9.26. The molecule has 34 heavy (non-hydrogen) atoms. The molecule has 2 aliphatic rings. The van der Waals surface area contributed by atoms with Crippen LogP contribution in [-0.2, 0) is 4.74 Å². The summed E-state index contributed by atoms with van der Waals surface area (Å²) in [6, 6.07) is 9.86. The molecule has 1 aromatic carbocycles. The second-order valence-corrected chi connectivity index (χ2v) is 9.26. The second kappa shape index (κ2) is 9.44. The highest BCUT2D eigenvalue weighted by Gasteiger charge is 2.25. The smallest absolute Gasteiger partial charge is 0.276 e. The van der Waals surface area contributed by atoms with Gasteiger partial charge in [0.25, 0.3) is 5.91 Å². The van der Waals surface area contributed by atoms with Gasteiger partial charge in [0.15, 0.2) is 5.69 Å². The van der Waals surface area contributed by atoms with Crippen LogP contribution in [0.25, 0.3) is 10.9 Å². The van der Waals surface area contributed by atoms with Gasteiger partial charge in [-0.2, -0.15) is 0 Å². The summed E-state index contributed by atoms with van der Waals surface area (Å²) < 4.78 is 5.45. The van der Waals surface area contributed by atoms with Crippen molar-refractivity contribution in [1.29, 1.82) is 0 Å². The fourth-order valence-electron chi connectivity index (χ4n) is 4.91. The molecular formula is C25H31N7O2. The van der Waals surface area contributed by atoms with Crippen molar-refractivity contribution in [1.82, 2.24) is 9.97 Å². The fourth-order valence-corrected chi connectivity index (χ4v) is 4.91. The van der Waals surface area contributed by atoms with Gasteiger partial charge < -0.3 is 31.3 Å². The largest absolute Gasteiger partial charge is 0.397 e. The zero-order chi connectivity index (χ0) is 23.7. The number of morpholine rings is 1. The number of rotatable bonds is 4. The van der Waals surface area contributed by atoms with Crippen LogP contribution in [0.15, 0.2) is 42.7 Å². The van der Waals surface area contributed by atoms with Crippen molar-refractivity contribution in [2.24, 2.45) is 11.7 Å². The Balaban J connectivity index is 1.42. The summed E-state index contributed by atoms with van der Waals surface area (Å²) in [7, 11) is 0. The van der Waals surface area contributed by atoms with Crippen LogP contribution in [0.3, 0.4) is 0 Å². The van der Waals surface area contributed by atoms with E-state index in [1.807, 2.05) is 18.2 Å². The van der Waals surface area contributed by atoms with E-state index < -0.39 is 0 Å². The van der Waals surface area contributed by atoms with E-state index in [0.717, 1.165) is 54.9 Å². The highest BCUT2D eigenvalue weighted by Crippen LogP contribution is 2.30. The molecule has 0 bridgehead atoms. The normalized spacial score (nSPS) is 21.0. The summed E-state index contributed by atoms with van der Waals surface area (Å²) in [5.74, 6) is 0.110. The van der Waals surface area contributed by atoms with Gasteiger partial charge in [-0.25, -0.2) is 4.98 Å². The number of ether oxygens (including phenoxy) is 1. The zero-order valence-corrected chi connectivity index (χ0v) is 19.4. The number of benzene rings is 1. The average molecular weight is 462 g/mol. The molecule has 9 nitrogen and oxygen atoms in total. The highest BCUT2D eigenvalue weighted by atomic mass is 16.5. The van der Waals surface area contributed by atoms with Gasteiger partial charge in [-0.3, -0.25) is 9.78 Å². The maximum absolute atomic E-state index is 13.3. The molecule has 0 radical (unpaired) electrons. The van der Waals surface area contributed by atoms with E-state index >= 15 is 0 Å². The first-order valence-corrected chi connectivity index (χ1v) is 11.8. The van der Waals surface area contributed by atoms with Gasteiger partial charge in [0.05, 0.1) is 42.0 Å². The van der Waals surface area contributed by atoms with Crippen molar-refractivity contribution < 1.29 is 9.53 Å². The number of hydrogen-bond donors (Lipinski definition) is 3. The molecule has 0 saturated carbocycles. The number of nitrogens with zero attached hydrogens (tertiary/aromatic N) is 4. The Kier molecular flexibility index (Phi) is 6.21. The molecule has 3 aromatic rings. The van der Waals surface area contributed by atoms with E-state index in [2.05, 4.69) is 38.1 Å². The third-order valence-electron chi connectivity index (χ3n) is 6.50. The summed E-state index contributed by atoms with van der Waals surface area (Å²) in [6.45, 7) is 6.87. The summed E-state index contributed by atoms with van der Waals surface area (Å²) in [4.78, 5) is 26.6. The first kappa shape index (κ1) is 22.4. The van der Waals surface area contributed by atoms with E-state index in [1.165, 1.54) is 0 Å². The van der Waals surface area contributed by atoms with Gasteiger partial charge in [0.1, 0.15) is 0 Å². The molecule has 5 rings (SSSR count). The summed E-state index contributed by atoms with van der Waals surface area (Å²) in [5, 5.41) is 3.88. The number of carbonyl (C=O) groups excluding carboxylic acids is 1. The van der Waals surface area contributed by atoms with Crippen molar-refractivity contribution >= 4 is 39.6 Å². The van der Waals surface area contributed by atoms with E-state index in [-0.39, 0.29) is 17.6 Å². The first-order valence-electron chi connectivity index (χ1n) is 11.8. The van der Waals surface area contributed by atoms with Gasteiger partial charge in [-0.1, -0.05) is 13.0 Å². The predicted molar refractivity (Wildman–Crippen MR) is 135 cm³/mol. The summed E-state index contributed by atoms with van der Waals surface area (Å²) in [5.41, 5.74) is 16.3. The van der Waals surface area contributed by atoms with Crippen LogP contribution in [0.1, 0.15) is 23.8 Å². The van der Waals surface area contributed by atoms with Crippen molar-refractivity contribution in [2.75, 3.05) is 60.2 Å². The molecular weight excluding hydrogens is 430 g/mol. The van der Waals surface area contributed by atoms with Crippen LogP contribution in [0.5, 0.6) is 0 Å². The molecule has 2 aliphatic heterocycles. The molecule has 2 atom stereocenters. The van der Waals surface area contributed by atoms with E-state index in [0.29, 0.717) is 30.5 Å². The lowest BCUT2D eigenvalue weighted by Crippen LogP contribution is -2.46. The van der Waals surface area contributed by atoms with E-state index in [1.54, 1.807) is 18.5 Å². The topological polar surface area (TPSA) is 123 Å². The van der Waals surface area contributed by atoms with Crippen molar-refractivity contribution in [3.05, 3.63) is 48.4 Å². The molecule has 1 amide bonds. The molecule has 178 valence electrons. The number of pyridine rings is 2. The van der Waals surface area contributed by atoms with Gasteiger partial charge in [-0.15, -0.1) is 0 Å². The van der Waals surface area contributed by atoms with Gasteiger partial charge in [0.2, 0.25) is 0 Å². The van der Waals surface area contributed by atoms with Crippen LogP contribution in [0, 0.1) is 5.92 Å². The minimum atomic E-state index is -0.361. The number of nitrogen functional groups attached to an aromatic ring is 1. The molecule has 0 spiro atoms. The number of aromatic nitrogens is 2. The molecule has 4 heterocycles. The number of fused-ring (bicyclic) bond motifs is 1. The quantitative estimate of drug-likeness (QED) is 0.542. The molecule has 0 aliphatic carbocycles. The predicted octanol–water partition coefficient (Wildman–Crippen LogP) is 2.47. The lowest BCUT2D eigenvalue weighted by atomic mass is 9.96. The van der Waals surface area contributed by atoms with Crippen LogP contribution >= 0.6 is 0 Å². The number of nitrogens with one attached hydrogen (secondary N) is 1. The van der Waals surface area contributed by atoms with Gasteiger partial charge in [-0.05, 0) is 36.6 Å². The Morgan fingerprint density at radius 3 is 2.76 bits per heavy atom. The van der Waals surface area contributed by atoms with Crippen LogP contribution in [0.2, 0.25) is 0 Å². The Bertz CT molecular complexity index is 1190. The summed E-state index contributed by atoms with van der Waals surface area (Å²) in [6.07, 6.45) is 4.38. The highest BCUT2D eigenvalue weighted by molar-refractivity contribution is 6.09. The SMILES string of the molecule is C[C@@H]1C[C@H](N)CN(c2ccncc2NC(=O)c2nc3cc(N4CCOCC4)ccc3cc2N)C1. The standard InChI is InChI=1S/C25H31N7O2/c1-16-10-18(26)15-32(14-16)23-4-5-28-13-22(23)30-25(33)24-20(27)11-17-2-3-19(12-21(17)29-24)31-6-8-34-9-7-31/h2-5,11-13,16,18H,6-10,14-15,26-27H2,1H3,(H,30,33)/t16-,18+/m1/s1. The Morgan fingerprint density at radius 1 is 1.15 bits per heavy atom. The van der Waals surface area contributed by atoms with E-state index in [4.69, 9.17) is 16.2 Å². The lowest BCUT2D eigenvalue weighted by Gasteiger charge is -2.37. The number of piperidine rings is 1. The first-order chi connectivity index (χ1) is 16.5.